The summed E-state index contributed by atoms with van der Waals surface area (Å²) < 4.78 is 5.44. The Balaban J connectivity index is 2.46. The number of nitrogens with two attached hydrogens (primary N) is 1. The van der Waals surface area contributed by atoms with Gasteiger partial charge in [-0.05, 0) is 25.7 Å². The van der Waals surface area contributed by atoms with Gasteiger partial charge in [0.15, 0.2) is 0 Å². The molecule has 4 heteroatoms. The lowest BCUT2D eigenvalue weighted by atomic mass is 10.1. The highest BCUT2D eigenvalue weighted by Gasteiger charge is 2.33. The van der Waals surface area contributed by atoms with Crippen LogP contribution in [0.5, 0.6) is 0 Å². The molecule has 0 saturated heterocycles. The van der Waals surface area contributed by atoms with E-state index in [0.29, 0.717) is 31.5 Å². The van der Waals surface area contributed by atoms with Gasteiger partial charge in [-0.3, -0.25) is 4.79 Å². The van der Waals surface area contributed by atoms with Crippen molar-refractivity contribution in [2.45, 2.75) is 52.2 Å². The lowest BCUT2D eigenvalue weighted by Gasteiger charge is -2.26. The SMILES string of the molecule is CCOC(CN)CC(=O)N(CC(C)C)C1CC1. The Bertz CT molecular complexity index is 240. The molecule has 0 radical (unpaired) electrons. The van der Waals surface area contributed by atoms with Gasteiger partial charge >= 0.3 is 0 Å². The third-order valence-corrected chi connectivity index (χ3v) is 2.94. The van der Waals surface area contributed by atoms with Gasteiger partial charge < -0.3 is 15.4 Å². The van der Waals surface area contributed by atoms with Crippen LogP contribution >= 0.6 is 0 Å². The molecule has 0 aromatic heterocycles. The predicted octanol–water partition coefficient (Wildman–Crippen LogP) is 1.39. The van der Waals surface area contributed by atoms with Crippen molar-refractivity contribution < 1.29 is 9.53 Å². The number of carbonyl (C=O) groups is 1. The van der Waals surface area contributed by atoms with E-state index in [4.69, 9.17) is 10.5 Å². The van der Waals surface area contributed by atoms with E-state index < -0.39 is 0 Å². The zero-order valence-electron chi connectivity index (χ0n) is 11.3. The molecule has 0 aromatic carbocycles. The van der Waals surface area contributed by atoms with Crippen molar-refractivity contribution in [3.63, 3.8) is 0 Å². The summed E-state index contributed by atoms with van der Waals surface area (Å²) in [5, 5.41) is 0. The first-order valence-electron chi connectivity index (χ1n) is 6.69. The van der Waals surface area contributed by atoms with Crippen molar-refractivity contribution in [2.75, 3.05) is 19.7 Å². The minimum absolute atomic E-state index is 0.124. The highest BCUT2D eigenvalue weighted by atomic mass is 16.5. The van der Waals surface area contributed by atoms with Crippen molar-refractivity contribution in [1.29, 1.82) is 0 Å². The molecule has 0 aromatic rings. The molecule has 0 heterocycles. The van der Waals surface area contributed by atoms with Gasteiger partial charge in [-0.1, -0.05) is 13.8 Å². The Morgan fingerprint density at radius 1 is 1.47 bits per heavy atom. The average molecular weight is 242 g/mol. The number of carbonyl (C=O) groups excluding carboxylic acids is 1. The van der Waals surface area contributed by atoms with Crippen molar-refractivity contribution >= 4 is 5.91 Å². The predicted molar refractivity (Wildman–Crippen MR) is 68.7 cm³/mol. The van der Waals surface area contributed by atoms with Crippen molar-refractivity contribution in [3.8, 4) is 0 Å². The summed E-state index contributed by atoms with van der Waals surface area (Å²) in [6.45, 7) is 8.10. The highest BCUT2D eigenvalue weighted by Crippen LogP contribution is 2.28. The molecule has 1 fully saturated rings. The molecule has 1 saturated carbocycles. The zero-order chi connectivity index (χ0) is 12.8. The lowest BCUT2D eigenvalue weighted by Crippen LogP contribution is -2.39. The van der Waals surface area contributed by atoms with Crippen molar-refractivity contribution in [3.05, 3.63) is 0 Å². The molecule has 4 nitrogen and oxygen atoms in total. The van der Waals surface area contributed by atoms with Gasteiger partial charge in [-0.2, -0.15) is 0 Å². The summed E-state index contributed by atoms with van der Waals surface area (Å²) in [6, 6.07) is 0.477. The third-order valence-electron chi connectivity index (χ3n) is 2.94. The second-order valence-corrected chi connectivity index (χ2v) is 5.19. The molecular formula is C13H26N2O2. The van der Waals surface area contributed by atoms with Gasteiger partial charge in [-0.15, -0.1) is 0 Å². The Hall–Kier alpha value is -0.610. The molecule has 2 N–H and O–H groups in total. The second kappa shape index (κ2) is 6.97. The van der Waals surface area contributed by atoms with Crippen LogP contribution in [0.3, 0.4) is 0 Å². The first-order valence-corrected chi connectivity index (χ1v) is 6.69. The van der Waals surface area contributed by atoms with E-state index in [9.17, 15) is 4.79 Å². The van der Waals surface area contributed by atoms with Gasteiger partial charge in [0.1, 0.15) is 0 Å². The second-order valence-electron chi connectivity index (χ2n) is 5.19. The number of hydrogen-bond donors (Lipinski definition) is 1. The first-order chi connectivity index (χ1) is 8.08. The number of nitrogens with zero attached hydrogens (tertiary/aromatic N) is 1. The molecule has 1 amide bonds. The molecule has 0 spiro atoms. The summed E-state index contributed by atoms with van der Waals surface area (Å²) in [7, 11) is 0. The number of ether oxygens (including phenoxy) is 1. The number of rotatable bonds is 8. The summed E-state index contributed by atoms with van der Waals surface area (Å²) in [4.78, 5) is 14.2. The topological polar surface area (TPSA) is 55.6 Å². The Kier molecular flexibility index (Phi) is 5.92. The van der Waals surface area contributed by atoms with Crippen LogP contribution in [0.2, 0.25) is 0 Å². The van der Waals surface area contributed by atoms with E-state index >= 15 is 0 Å². The zero-order valence-corrected chi connectivity index (χ0v) is 11.3. The quantitative estimate of drug-likeness (QED) is 0.699. The van der Waals surface area contributed by atoms with Gasteiger partial charge in [0, 0.05) is 25.7 Å². The van der Waals surface area contributed by atoms with E-state index in [-0.39, 0.29) is 12.0 Å². The highest BCUT2D eigenvalue weighted by molar-refractivity contribution is 5.77. The van der Waals surface area contributed by atoms with Gasteiger partial charge in [0.2, 0.25) is 5.91 Å². The maximum absolute atomic E-state index is 12.2. The van der Waals surface area contributed by atoms with Crippen LogP contribution in [0, 0.1) is 5.92 Å². The molecule has 17 heavy (non-hydrogen) atoms. The van der Waals surface area contributed by atoms with Gasteiger partial charge in [-0.25, -0.2) is 0 Å². The molecule has 1 atom stereocenters. The normalized spacial score (nSPS) is 17.2. The molecule has 0 bridgehead atoms. The molecule has 1 aliphatic rings. The van der Waals surface area contributed by atoms with Crippen LogP contribution in [0.15, 0.2) is 0 Å². The minimum Gasteiger partial charge on any atom is -0.377 e. The van der Waals surface area contributed by atoms with Crippen molar-refractivity contribution in [1.82, 2.24) is 4.90 Å². The van der Waals surface area contributed by atoms with E-state index in [1.165, 1.54) is 0 Å². The van der Waals surface area contributed by atoms with Crippen LogP contribution in [-0.2, 0) is 9.53 Å². The van der Waals surface area contributed by atoms with Crippen LogP contribution in [-0.4, -0.2) is 42.6 Å². The summed E-state index contributed by atoms with van der Waals surface area (Å²) in [5.74, 6) is 0.716. The van der Waals surface area contributed by atoms with Gasteiger partial charge in [0.25, 0.3) is 0 Å². The summed E-state index contributed by atoms with van der Waals surface area (Å²) >= 11 is 0. The minimum atomic E-state index is -0.124. The van der Waals surface area contributed by atoms with Crippen molar-refractivity contribution in [2.24, 2.45) is 11.7 Å². The fraction of sp³-hybridized carbons (Fsp3) is 0.923. The molecule has 1 unspecified atom stereocenters. The molecule has 100 valence electrons. The number of hydrogen-bond acceptors (Lipinski definition) is 3. The Morgan fingerprint density at radius 3 is 2.53 bits per heavy atom. The summed E-state index contributed by atoms with van der Waals surface area (Å²) in [5.41, 5.74) is 5.60. The van der Waals surface area contributed by atoms with Crippen LogP contribution in [0.25, 0.3) is 0 Å². The van der Waals surface area contributed by atoms with E-state index in [2.05, 4.69) is 13.8 Å². The fourth-order valence-corrected chi connectivity index (χ4v) is 1.99. The monoisotopic (exact) mass is 242 g/mol. The Labute approximate surface area is 104 Å². The largest absolute Gasteiger partial charge is 0.377 e. The first kappa shape index (κ1) is 14.5. The van der Waals surface area contributed by atoms with Gasteiger partial charge in [0.05, 0.1) is 12.5 Å². The summed E-state index contributed by atoms with van der Waals surface area (Å²) in [6.07, 6.45) is 2.61. The standard InChI is InChI=1S/C13H26N2O2/c1-4-17-12(8-14)7-13(16)15(9-10(2)3)11-5-6-11/h10-12H,4-9,14H2,1-3H3. The number of amides is 1. The maximum Gasteiger partial charge on any atom is 0.225 e. The van der Waals surface area contributed by atoms with Crippen LogP contribution in [0.4, 0.5) is 0 Å². The lowest BCUT2D eigenvalue weighted by molar-refractivity contribution is -0.135. The average Bonchev–Trinajstić information content (AvgIpc) is 3.08. The van der Waals surface area contributed by atoms with Crippen LogP contribution in [0.1, 0.15) is 40.0 Å². The fourth-order valence-electron chi connectivity index (χ4n) is 1.99. The molecular weight excluding hydrogens is 216 g/mol. The van der Waals surface area contributed by atoms with E-state index in [0.717, 1.165) is 19.4 Å². The molecule has 1 aliphatic carbocycles. The third kappa shape index (κ3) is 5.04. The van der Waals surface area contributed by atoms with Crippen LogP contribution < -0.4 is 5.73 Å². The molecule has 1 rings (SSSR count). The maximum atomic E-state index is 12.2. The van der Waals surface area contributed by atoms with E-state index in [1.54, 1.807) is 0 Å². The Morgan fingerprint density at radius 2 is 2.12 bits per heavy atom. The van der Waals surface area contributed by atoms with E-state index in [1.807, 2.05) is 11.8 Å². The molecule has 0 aliphatic heterocycles. The smallest absolute Gasteiger partial charge is 0.225 e.